The fourth-order valence-electron chi connectivity index (χ4n) is 3.81. The van der Waals surface area contributed by atoms with Crippen molar-refractivity contribution in [2.45, 2.75) is 32.6 Å². The lowest BCUT2D eigenvalue weighted by Crippen LogP contribution is -2.40. The number of hydrogen-bond acceptors (Lipinski definition) is 8. The molecular weight excluding hydrogens is 418 g/mol. The number of hydrogen-bond donors (Lipinski definition) is 1. The second-order valence-electron chi connectivity index (χ2n) is 7.59. The zero-order chi connectivity index (χ0) is 21.8. The maximum absolute atomic E-state index is 12.8. The van der Waals surface area contributed by atoms with Gasteiger partial charge in [-0.1, -0.05) is 11.3 Å². The SMILES string of the molecule is CCOC(=O)c1ccc(NC(=O)[C@H]2CCCN(c3nnc(N4CCCC4=O)s3)C2)cc1. The molecule has 0 radical (unpaired) electrons. The Morgan fingerprint density at radius 2 is 1.94 bits per heavy atom. The van der Waals surface area contributed by atoms with Crippen LogP contribution in [0.25, 0.3) is 0 Å². The Bertz CT molecular complexity index is 961. The van der Waals surface area contributed by atoms with E-state index in [0.717, 1.165) is 30.9 Å². The number of piperidine rings is 1. The van der Waals surface area contributed by atoms with E-state index < -0.39 is 0 Å². The number of carbonyl (C=O) groups is 3. The third-order valence-electron chi connectivity index (χ3n) is 5.43. The van der Waals surface area contributed by atoms with Gasteiger partial charge in [0.15, 0.2) is 0 Å². The molecule has 3 heterocycles. The average molecular weight is 444 g/mol. The Balaban J connectivity index is 1.36. The molecule has 1 N–H and O–H groups in total. The molecule has 2 aromatic rings. The summed E-state index contributed by atoms with van der Waals surface area (Å²) in [5.41, 5.74) is 1.09. The van der Waals surface area contributed by atoms with E-state index in [1.165, 1.54) is 11.3 Å². The molecule has 1 atom stereocenters. The maximum atomic E-state index is 12.8. The fourth-order valence-corrected chi connectivity index (χ4v) is 4.73. The van der Waals surface area contributed by atoms with E-state index in [0.29, 0.717) is 42.5 Å². The molecule has 2 amide bonds. The van der Waals surface area contributed by atoms with Crippen LogP contribution in [0.5, 0.6) is 0 Å². The van der Waals surface area contributed by atoms with Gasteiger partial charge in [-0.25, -0.2) is 4.79 Å². The molecule has 9 nitrogen and oxygen atoms in total. The van der Waals surface area contributed by atoms with E-state index in [4.69, 9.17) is 4.74 Å². The Labute approximate surface area is 184 Å². The van der Waals surface area contributed by atoms with Crippen LogP contribution in [0.15, 0.2) is 24.3 Å². The lowest BCUT2D eigenvalue weighted by molar-refractivity contribution is -0.120. The third-order valence-corrected chi connectivity index (χ3v) is 6.44. The molecule has 10 heteroatoms. The number of nitrogens with zero attached hydrogens (tertiary/aromatic N) is 4. The summed E-state index contributed by atoms with van der Waals surface area (Å²) in [5.74, 6) is -0.532. The summed E-state index contributed by atoms with van der Waals surface area (Å²) in [6, 6.07) is 6.69. The van der Waals surface area contributed by atoms with E-state index in [2.05, 4.69) is 20.4 Å². The number of aromatic nitrogens is 2. The number of ether oxygens (including phenoxy) is 1. The maximum Gasteiger partial charge on any atom is 0.338 e. The average Bonchev–Trinajstić information content (AvgIpc) is 3.43. The van der Waals surface area contributed by atoms with E-state index >= 15 is 0 Å². The standard InChI is InChI=1S/C21H25N5O4S/c1-2-30-19(29)14-7-9-16(10-8-14)22-18(28)15-5-3-11-25(13-15)20-23-24-21(31-20)26-12-4-6-17(26)27/h7-10,15H,2-6,11-13H2,1H3,(H,22,28)/t15-/m0/s1. The first-order chi connectivity index (χ1) is 15.0. The van der Waals surface area contributed by atoms with Gasteiger partial charge in [0, 0.05) is 31.7 Å². The number of esters is 1. The Hall–Kier alpha value is -3.01. The summed E-state index contributed by atoms with van der Waals surface area (Å²) in [4.78, 5) is 40.3. The first-order valence-electron chi connectivity index (χ1n) is 10.5. The summed E-state index contributed by atoms with van der Waals surface area (Å²) >= 11 is 1.40. The lowest BCUT2D eigenvalue weighted by atomic mass is 9.97. The van der Waals surface area contributed by atoms with Crippen molar-refractivity contribution in [2.24, 2.45) is 5.92 Å². The first kappa shape index (κ1) is 21.2. The molecule has 0 unspecified atom stereocenters. The zero-order valence-corrected chi connectivity index (χ0v) is 18.2. The highest BCUT2D eigenvalue weighted by Gasteiger charge is 2.30. The number of nitrogens with one attached hydrogen (secondary N) is 1. The van der Waals surface area contributed by atoms with Gasteiger partial charge in [-0.2, -0.15) is 0 Å². The number of carbonyl (C=O) groups excluding carboxylic acids is 3. The summed E-state index contributed by atoms with van der Waals surface area (Å²) in [7, 11) is 0. The van der Waals surface area contributed by atoms with Crippen LogP contribution in [0.2, 0.25) is 0 Å². The van der Waals surface area contributed by atoms with Crippen LogP contribution in [0.1, 0.15) is 43.0 Å². The summed E-state index contributed by atoms with van der Waals surface area (Å²) in [6.45, 7) is 4.12. The van der Waals surface area contributed by atoms with Crippen molar-refractivity contribution < 1.29 is 19.1 Å². The Morgan fingerprint density at radius 1 is 1.16 bits per heavy atom. The van der Waals surface area contributed by atoms with Gasteiger partial charge in [0.2, 0.25) is 22.1 Å². The molecule has 0 bridgehead atoms. The topological polar surface area (TPSA) is 105 Å². The van der Waals surface area contributed by atoms with Gasteiger partial charge in [0.25, 0.3) is 0 Å². The number of rotatable bonds is 6. The first-order valence-corrected chi connectivity index (χ1v) is 11.3. The molecule has 4 rings (SSSR count). The van der Waals surface area contributed by atoms with Crippen LogP contribution in [0.4, 0.5) is 16.0 Å². The molecule has 164 valence electrons. The number of benzene rings is 1. The van der Waals surface area contributed by atoms with Crippen molar-refractivity contribution in [1.82, 2.24) is 10.2 Å². The normalized spacial score (nSPS) is 18.9. The molecule has 2 fully saturated rings. The van der Waals surface area contributed by atoms with Crippen molar-refractivity contribution in [3.05, 3.63) is 29.8 Å². The van der Waals surface area contributed by atoms with Crippen LogP contribution in [-0.2, 0) is 14.3 Å². The van der Waals surface area contributed by atoms with E-state index in [-0.39, 0.29) is 23.7 Å². The highest BCUT2D eigenvalue weighted by molar-refractivity contribution is 7.19. The predicted molar refractivity (Wildman–Crippen MR) is 117 cm³/mol. The Morgan fingerprint density at radius 3 is 2.65 bits per heavy atom. The van der Waals surface area contributed by atoms with Crippen molar-refractivity contribution in [3.8, 4) is 0 Å². The molecule has 2 saturated heterocycles. The van der Waals surface area contributed by atoms with Crippen molar-refractivity contribution in [3.63, 3.8) is 0 Å². The van der Waals surface area contributed by atoms with E-state index in [9.17, 15) is 14.4 Å². The molecule has 0 aliphatic carbocycles. The van der Waals surface area contributed by atoms with Crippen LogP contribution in [0, 0.1) is 5.92 Å². The lowest BCUT2D eigenvalue weighted by Gasteiger charge is -2.31. The minimum atomic E-state index is -0.379. The van der Waals surface area contributed by atoms with Crippen LogP contribution >= 0.6 is 11.3 Å². The van der Waals surface area contributed by atoms with Gasteiger partial charge >= 0.3 is 5.97 Å². The Kier molecular flexibility index (Phi) is 6.45. The predicted octanol–water partition coefficient (Wildman–Crippen LogP) is 2.70. The minimum Gasteiger partial charge on any atom is -0.462 e. The number of anilines is 3. The molecule has 0 spiro atoms. The molecule has 2 aliphatic heterocycles. The van der Waals surface area contributed by atoms with Crippen LogP contribution in [-0.4, -0.2) is 54.2 Å². The fraction of sp³-hybridized carbons (Fsp3) is 0.476. The third kappa shape index (κ3) is 4.84. The van der Waals surface area contributed by atoms with Gasteiger partial charge in [0.05, 0.1) is 18.1 Å². The highest BCUT2D eigenvalue weighted by atomic mass is 32.1. The highest BCUT2D eigenvalue weighted by Crippen LogP contribution is 2.32. The zero-order valence-electron chi connectivity index (χ0n) is 17.4. The van der Waals surface area contributed by atoms with Gasteiger partial charge in [-0.3, -0.25) is 14.5 Å². The van der Waals surface area contributed by atoms with E-state index in [1.54, 1.807) is 36.1 Å². The van der Waals surface area contributed by atoms with Crippen LogP contribution < -0.4 is 15.1 Å². The molecule has 0 saturated carbocycles. The molecule has 2 aliphatic rings. The molecule has 1 aromatic heterocycles. The van der Waals surface area contributed by atoms with Crippen molar-refractivity contribution in [2.75, 3.05) is 41.4 Å². The number of amides is 2. The quantitative estimate of drug-likeness (QED) is 0.685. The molecule has 1 aromatic carbocycles. The summed E-state index contributed by atoms with van der Waals surface area (Å²) in [5, 5.41) is 12.8. The summed E-state index contributed by atoms with van der Waals surface area (Å²) in [6.07, 6.45) is 3.07. The van der Waals surface area contributed by atoms with E-state index in [1.807, 2.05) is 0 Å². The van der Waals surface area contributed by atoms with Gasteiger partial charge < -0.3 is 15.0 Å². The van der Waals surface area contributed by atoms with Gasteiger partial charge in [-0.15, -0.1) is 10.2 Å². The van der Waals surface area contributed by atoms with Gasteiger partial charge in [0.1, 0.15) is 0 Å². The van der Waals surface area contributed by atoms with Crippen molar-refractivity contribution >= 4 is 45.1 Å². The minimum absolute atomic E-state index is 0.0620. The summed E-state index contributed by atoms with van der Waals surface area (Å²) < 4.78 is 4.97. The monoisotopic (exact) mass is 443 g/mol. The van der Waals surface area contributed by atoms with Crippen molar-refractivity contribution in [1.29, 1.82) is 0 Å². The largest absolute Gasteiger partial charge is 0.462 e. The van der Waals surface area contributed by atoms with Crippen LogP contribution in [0.3, 0.4) is 0 Å². The second kappa shape index (κ2) is 9.42. The smallest absolute Gasteiger partial charge is 0.338 e. The molecular formula is C21H25N5O4S. The molecule has 31 heavy (non-hydrogen) atoms. The second-order valence-corrected chi connectivity index (χ2v) is 8.52. The van der Waals surface area contributed by atoms with Gasteiger partial charge in [-0.05, 0) is 50.5 Å².